The second-order valence-electron chi connectivity index (χ2n) is 12.4. The lowest BCUT2D eigenvalue weighted by molar-refractivity contribution is -0.137. The molecular formula is C38H38N4O6S2. The summed E-state index contributed by atoms with van der Waals surface area (Å²) in [6, 6.07) is 15.9. The lowest BCUT2D eigenvalue weighted by Crippen LogP contribution is -2.35. The summed E-state index contributed by atoms with van der Waals surface area (Å²) in [6.07, 6.45) is 1.80. The van der Waals surface area contributed by atoms with Crippen LogP contribution < -0.4 is 22.1 Å². The average Bonchev–Trinajstić information content (AvgIpc) is 3.73. The molecule has 1 aliphatic carbocycles. The standard InChI is InChI=1S/C20H20N2O3S.C18H18N2O3S/c1-10-15(18(23)11-7-8-11)16(17(19(21)22-10)20(24)25-2)13-9-26-14-6-4-3-5-12(13)14;1-9-14(10(2)21)15(16(17(19)20-9)18(22)23-3)12-8-24-13-7-5-4-6-11(12)13/h3-6,9,11,16,22H,7-8,21H2,1-2H3;4-8,15,20H,19H2,1-3H3. The predicted octanol–water partition coefficient (Wildman–Crippen LogP) is 5.98. The van der Waals surface area contributed by atoms with Crippen molar-refractivity contribution in [2.24, 2.45) is 17.4 Å². The number of carbonyl (C=O) groups is 4. The van der Waals surface area contributed by atoms with Gasteiger partial charge in [-0.2, -0.15) is 0 Å². The SMILES string of the molecule is COC(=O)C1=C(N)NC(C)=C(C(=O)C2CC2)C1c1csc2ccccc12.COC(=O)C1=C(N)NC(C)=C(C(C)=O)C1c1csc2ccccc12. The summed E-state index contributed by atoms with van der Waals surface area (Å²) in [5.74, 6) is -1.56. The van der Waals surface area contributed by atoms with E-state index in [2.05, 4.69) is 10.6 Å². The van der Waals surface area contributed by atoms with Gasteiger partial charge < -0.3 is 31.6 Å². The third-order valence-corrected chi connectivity index (χ3v) is 11.2. The Labute approximate surface area is 297 Å². The summed E-state index contributed by atoms with van der Waals surface area (Å²) in [5.41, 5.74) is 17.2. The molecule has 0 bridgehead atoms. The summed E-state index contributed by atoms with van der Waals surface area (Å²) >= 11 is 3.17. The zero-order valence-electron chi connectivity index (χ0n) is 28.3. The normalized spacial score (nSPS) is 19.1. The Morgan fingerprint density at radius 2 is 1.10 bits per heavy atom. The summed E-state index contributed by atoms with van der Waals surface area (Å²) in [7, 11) is 2.64. The van der Waals surface area contributed by atoms with Crippen molar-refractivity contribution in [3.63, 3.8) is 0 Å². The first-order valence-electron chi connectivity index (χ1n) is 16.1. The molecule has 1 saturated carbocycles. The van der Waals surface area contributed by atoms with E-state index >= 15 is 0 Å². The van der Waals surface area contributed by atoms with Crippen molar-refractivity contribution < 1.29 is 28.7 Å². The highest BCUT2D eigenvalue weighted by Gasteiger charge is 2.43. The van der Waals surface area contributed by atoms with Gasteiger partial charge in [0.05, 0.1) is 37.2 Å². The van der Waals surface area contributed by atoms with E-state index in [9.17, 15) is 19.2 Å². The lowest BCUT2D eigenvalue weighted by Gasteiger charge is -2.30. The Kier molecular flexibility index (Phi) is 9.68. The van der Waals surface area contributed by atoms with Crippen LogP contribution in [0.25, 0.3) is 20.2 Å². The van der Waals surface area contributed by atoms with Crippen molar-refractivity contribution in [3.8, 4) is 0 Å². The zero-order valence-corrected chi connectivity index (χ0v) is 30.0. The van der Waals surface area contributed by atoms with Gasteiger partial charge in [0.15, 0.2) is 11.6 Å². The number of ketones is 2. The molecule has 0 amide bonds. The number of allylic oxidation sites excluding steroid dienone is 4. The number of nitrogens with two attached hydrogens (primary N) is 2. The van der Waals surface area contributed by atoms with Gasteiger partial charge in [0.1, 0.15) is 11.6 Å². The molecule has 0 spiro atoms. The summed E-state index contributed by atoms with van der Waals surface area (Å²) in [5, 5.41) is 12.0. The highest BCUT2D eigenvalue weighted by atomic mass is 32.1. The molecule has 12 heteroatoms. The van der Waals surface area contributed by atoms with Gasteiger partial charge in [0.2, 0.25) is 0 Å². The van der Waals surface area contributed by atoms with Gasteiger partial charge >= 0.3 is 11.9 Å². The van der Waals surface area contributed by atoms with Crippen LogP contribution in [-0.4, -0.2) is 37.7 Å². The van der Waals surface area contributed by atoms with Crippen LogP contribution in [0.1, 0.15) is 56.6 Å². The van der Waals surface area contributed by atoms with Gasteiger partial charge in [0.25, 0.3) is 0 Å². The minimum atomic E-state index is -0.536. The third kappa shape index (κ3) is 6.20. The lowest BCUT2D eigenvalue weighted by atomic mass is 9.78. The molecule has 2 aliphatic heterocycles. The number of hydrogen-bond donors (Lipinski definition) is 4. The van der Waals surface area contributed by atoms with Crippen LogP contribution in [0, 0.1) is 5.92 Å². The summed E-state index contributed by atoms with van der Waals surface area (Å²) < 4.78 is 12.1. The van der Waals surface area contributed by atoms with Gasteiger partial charge in [-0.3, -0.25) is 9.59 Å². The largest absolute Gasteiger partial charge is 0.466 e. The summed E-state index contributed by atoms with van der Waals surface area (Å²) in [4.78, 5) is 50.3. The number of fused-ring (bicyclic) bond motifs is 2. The van der Waals surface area contributed by atoms with Crippen molar-refractivity contribution in [2.75, 3.05) is 14.2 Å². The van der Waals surface area contributed by atoms with E-state index in [1.54, 1.807) is 29.6 Å². The number of rotatable bonds is 7. The minimum Gasteiger partial charge on any atom is -0.466 e. The Balaban J connectivity index is 0.000000174. The monoisotopic (exact) mass is 710 g/mol. The number of nitrogens with one attached hydrogen (secondary N) is 2. The number of Topliss-reactive ketones (excluding diaryl/α,β-unsaturated/α-hetero) is 2. The molecule has 4 aromatic rings. The van der Waals surface area contributed by atoms with E-state index in [4.69, 9.17) is 20.9 Å². The topological polar surface area (TPSA) is 163 Å². The minimum absolute atomic E-state index is 0.0485. The number of benzene rings is 2. The number of dihydropyridines is 2. The van der Waals surface area contributed by atoms with Gasteiger partial charge in [-0.05, 0) is 78.4 Å². The fraction of sp³-hybridized carbons (Fsp3) is 0.263. The fourth-order valence-electron chi connectivity index (χ4n) is 6.81. The first-order chi connectivity index (χ1) is 24.0. The maximum Gasteiger partial charge on any atom is 0.338 e. The Bertz CT molecular complexity index is 2200. The highest BCUT2D eigenvalue weighted by Crippen LogP contribution is 2.46. The van der Waals surface area contributed by atoms with E-state index in [1.165, 1.54) is 21.1 Å². The molecule has 2 unspecified atom stereocenters. The number of ether oxygens (including phenoxy) is 2. The fourth-order valence-corrected chi connectivity index (χ4v) is 8.78. The Morgan fingerprint density at radius 1 is 0.680 bits per heavy atom. The number of carbonyl (C=O) groups excluding carboxylic acids is 4. The van der Waals surface area contributed by atoms with Crippen LogP contribution in [-0.2, 0) is 28.7 Å². The molecule has 4 heterocycles. The molecule has 0 saturated heterocycles. The predicted molar refractivity (Wildman–Crippen MR) is 196 cm³/mol. The second-order valence-corrected chi connectivity index (χ2v) is 14.2. The molecule has 0 radical (unpaired) electrons. The number of esters is 2. The number of methoxy groups -OCH3 is 2. The van der Waals surface area contributed by atoms with Crippen molar-refractivity contribution >= 4 is 66.4 Å². The van der Waals surface area contributed by atoms with Crippen LogP contribution >= 0.6 is 22.7 Å². The number of thiophene rings is 2. The molecule has 258 valence electrons. The average molecular weight is 711 g/mol. The van der Waals surface area contributed by atoms with Gasteiger partial charge in [0, 0.05) is 37.9 Å². The van der Waals surface area contributed by atoms with Crippen LogP contribution in [0.5, 0.6) is 0 Å². The van der Waals surface area contributed by atoms with Gasteiger partial charge in [-0.1, -0.05) is 36.4 Å². The Hall–Kier alpha value is -5.20. The van der Waals surface area contributed by atoms with Crippen molar-refractivity contribution in [3.05, 3.63) is 116 Å². The van der Waals surface area contributed by atoms with E-state index in [1.807, 2.05) is 66.2 Å². The first kappa shape index (κ1) is 34.7. The summed E-state index contributed by atoms with van der Waals surface area (Å²) in [6.45, 7) is 5.13. The molecule has 10 nitrogen and oxygen atoms in total. The molecule has 50 heavy (non-hydrogen) atoms. The molecule has 2 aromatic carbocycles. The molecule has 6 N–H and O–H groups in total. The maximum atomic E-state index is 13.1. The quantitative estimate of drug-likeness (QED) is 0.168. The Morgan fingerprint density at radius 3 is 1.52 bits per heavy atom. The second kappa shape index (κ2) is 14.0. The third-order valence-electron chi connectivity index (χ3n) is 9.23. The van der Waals surface area contributed by atoms with Crippen LogP contribution in [0.4, 0.5) is 0 Å². The molecule has 2 aromatic heterocycles. The van der Waals surface area contributed by atoms with Crippen LogP contribution in [0.2, 0.25) is 0 Å². The van der Waals surface area contributed by atoms with Gasteiger partial charge in [-0.15, -0.1) is 22.7 Å². The van der Waals surface area contributed by atoms with E-state index < -0.39 is 23.8 Å². The zero-order chi connectivity index (χ0) is 35.9. The maximum absolute atomic E-state index is 13.1. The first-order valence-corrected chi connectivity index (χ1v) is 17.8. The van der Waals surface area contributed by atoms with Crippen LogP contribution in [0.15, 0.2) is 105 Å². The van der Waals surface area contributed by atoms with Crippen molar-refractivity contribution in [1.29, 1.82) is 0 Å². The van der Waals surface area contributed by atoms with E-state index in [-0.39, 0.29) is 34.7 Å². The number of hydrogen-bond acceptors (Lipinski definition) is 12. The highest BCUT2D eigenvalue weighted by molar-refractivity contribution is 7.17. The van der Waals surface area contributed by atoms with Crippen LogP contribution in [0.3, 0.4) is 0 Å². The molecular weight excluding hydrogens is 673 g/mol. The van der Waals surface area contributed by atoms with E-state index in [0.717, 1.165) is 44.1 Å². The van der Waals surface area contributed by atoms with Crippen molar-refractivity contribution in [2.45, 2.75) is 45.4 Å². The smallest absolute Gasteiger partial charge is 0.338 e. The molecule has 1 fully saturated rings. The molecule has 2 atom stereocenters. The molecule has 3 aliphatic rings. The van der Waals surface area contributed by atoms with Gasteiger partial charge in [-0.25, -0.2) is 9.59 Å². The van der Waals surface area contributed by atoms with Crippen molar-refractivity contribution in [1.82, 2.24) is 10.6 Å². The van der Waals surface area contributed by atoms with E-state index in [0.29, 0.717) is 28.1 Å². The molecule has 7 rings (SSSR count).